The van der Waals surface area contributed by atoms with Crippen LogP contribution in [-0.4, -0.2) is 50.3 Å². The van der Waals surface area contributed by atoms with E-state index >= 15 is 0 Å². The highest BCUT2D eigenvalue weighted by molar-refractivity contribution is 5.94. The van der Waals surface area contributed by atoms with Crippen LogP contribution in [0.2, 0.25) is 0 Å². The van der Waals surface area contributed by atoms with Gasteiger partial charge in [-0.3, -0.25) is 10.00 Å². The highest BCUT2D eigenvalue weighted by atomic mass is 16.3. The van der Waals surface area contributed by atoms with Crippen molar-refractivity contribution in [3.05, 3.63) is 59.9 Å². The quantitative estimate of drug-likeness (QED) is 0.491. The fraction of sp³-hybridized carbons (Fsp3) is 0.217. The number of imidazole rings is 1. The van der Waals surface area contributed by atoms with E-state index in [1.165, 1.54) is 5.57 Å². The number of benzene rings is 2. The van der Waals surface area contributed by atoms with Gasteiger partial charge in [-0.25, -0.2) is 4.98 Å². The Hall–Kier alpha value is -3.38. The molecule has 3 heterocycles. The van der Waals surface area contributed by atoms with Gasteiger partial charge in [0.1, 0.15) is 11.4 Å². The summed E-state index contributed by atoms with van der Waals surface area (Å²) in [6, 6.07) is 11.8. The molecule has 4 aromatic rings. The smallest absolute Gasteiger partial charge is 0.159 e. The van der Waals surface area contributed by atoms with Gasteiger partial charge in [-0.15, -0.1) is 0 Å². The number of hydrogen-bond donors (Lipinski definition) is 3. The van der Waals surface area contributed by atoms with Crippen LogP contribution in [-0.2, 0) is 6.42 Å². The molecule has 0 amide bonds. The van der Waals surface area contributed by atoms with Gasteiger partial charge in [0.15, 0.2) is 5.82 Å². The number of aryl methyl sites for hydroxylation is 1. The second kappa shape index (κ2) is 6.90. The Morgan fingerprint density at radius 3 is 2.86 bits per heavy atom. The number of H-pyrrole nitrogens is 2. The van der Waals surface area contributed by atoms with Crippen LogP contribution in [0.3, 0.4) is 0 Å². The number of aromatic amines is 2. The molecule has 1 aliphatic heterocycles. The van der Waals surface area contributed by atoms with E-state index in [2.05, 4.69) is 63.3 Å². The van der Waals surface area contributed by atoms with Crippen LogP contribution in [0.1, 0.15) is 18.2 Å². The summed E-state index contributed by atoms with van der Waals surface area (Å²) < 4.78 is 0. The molecule has 0 aliphatic carbocycles. The minimum atomic E-state index is 0.299. The molecule has 0 unspecified atom stereocenters. The van der Waals surface area contributed by atoms with Crippen molar-refractivity contribution in [2.45, 2.75) is 13.3 Å². The van der Waals surface area contributed by atoms with E-state index in [0.717, 1.165) is 64.3 Å². The number of aromatic hydroxyl groups is 1. The Kier molecular flexibility index (Phi) is 4.21. The zero-order chi connectivity index (χ0) is 20.0. The SMILES string of the molecule is CCc1cc(O)ccc1-c1ccc2c(-c3ncc(C4=CCN(C)C4)[nH]3)n[nH]c2c1. The van der Waals surface area contributed by atoms with E-state index in [1.807, 2.05) is 18.3 Å². The molecule has 1 aliphatic rings. The number of nitrogens with zero attached hydrogens (tertiary/aromatic N) is 3. The average molecular weight is 385 g/mol. The molecule has 0 saturated heterocycles. The first-order chi connectivity index (χ1) is 14.1. The summed E-state index contributed by atoms with van der Waals surface area (Å²) in [5.41, 5.74) is 7.46. The maximum Gasteiger partial charge on any atom is 0.159 e. The maximum atomic E-state index is 9.78. The van der Waals surface area contributed by atoms with Crippen molar-refractivity contribution < 1.29 is 5.11 Å². The van der Waals surface area contributed by atoms with E-state index in [-0.39, 0.29) is 0 Å². The number of fused-ring (bicyclic) bond motifs is 1. The zero-order valence-electron chi connectivity index (χ0n) is 16.5. The number of phenolic OH excluding ortho intramolecular Hbond substituents is 1. The highest BCUT2D eigenvalue weighted by Gasteiger charge is 2.17. The van der Waals surface area contributed by atoms with Gasteiger partial charge in [0.2, 0.25) is 0 Å². The molecule has 146 valence electrons. The molecule has 2 aromatic carbocycles. The Morgan fingerprint density at radius 1 is 1.17 bits per heavy atom. The van der Waals surface area contributed by atoms with Crippen molar-refractivity contribution in [2.75, 3.05) is 20.1 Å². The lowest BCUT2D eigenvalue weighted by molar-refractivity contribution is 0.438. The minimum absolute atomic E-state index is 0.299. The number of nitrogens with one attached hydrogen (secondary N) is 2. The van der Waals surface area contributed by atoms with Gasteiger partial charge >= 0.3 is 0 Å². The van der Waals surface area contributed by atoms with Crippen LogP contribution >= 0.6 is 0 Å². The summed E-state index contributed by atoms with van der Waals surface area (Å²) >= 11 is 0. The van der Waals surface area contributed by atoms with Gasteiger partial charge in [-0.2, -0.15) is 5.10 Å². The van der Waals surface area contributed by atoms with Crippen LogP contribution in [0.4, 0.5) is 0 Å². The van der Waals surface area contributed by atoms with Crippen LogP contribution in [0.15, 0.2) is 48.7 Å². The molecule has 2 aromatic heterocycles. The lowest BCUT2D eigenvalue weighted by Gasteiger charge is -2.09. The second-order valence-corrected chi connectivity index (χ2v) is 7.60. The van der Waals surface area contributed by atoms with Crippen molar-refractivity contribution in [2.24, 2.45) is 0 Å². The molecule has 0 spiro atoms. The van der Waals surface area contributed by atoms with Crippen molar-refractivity contribution in [3.63, 3.8) is 0 Å². The molecular formula is C23H23N5O. The van der Waals surface area contributed by atoms with Crippen LogP contribution in [0.25, 0.3) is 39.1 Å². The first kappa shape index (κ1) is 17.7. The fourth-order valence-electron chi connectivity index (χ4n) is 4.01. The van der Waals surface area contributed by atoms with Gasteiger partial charge in [0.05, 0.1) is 17.4 Å². The molecule has 0 radical (unpaired) electrons. The number of phenols is 1. The largest absolute Gasteiger partial charge is 0.508 e. The predicted octanol–water partition coefficient (Wildman–Crippen LogP) is 4.22. The Morgan fingerprint density at radius 2 is 2.07 bits per heavy atom. The normalized spacial score (nSPS) is 14.6. The molecule has 5 rings (SSSR count). The molecule has 0 bridgehead atoms. The third kappa shape index (κ3) is 3.11. The summed E-state index contributed by atoms with van der Waals surface area (Å²) in [6.07, 6.45) is 4.98. The summed E-state index contributed by atoms with van der Waals surface area (Å²) in [4.78, 5) is 10.3. The number of likely N-dealkylation sites (N-methyl/N-ethyl adjacent to an activating group) is 1. The van der Waals surface area contributed by atoms with E-state index in [0.29, 0.717) is 5.75 Å². The van der Waals surface area contributed by atoms with E-state index < -0.39 is 0 Å². The van der Waals surface area contributed by atoms with Crippen LogP contribution in [0, 0.1) is 0 Å². The Bertz CT molecular complexity index is 1230. The molecule has 6 heteroatoms. The number of rotatable bonds is 4. The summed E-state index contributed by atoms with van der Waals surface area (Å²) in [7, 11) is 2.11. The molecule has 3 N–H and O–H groups in total. The lowest BCUT2D eigenvalue weighted by Crippen LogP contribution is -2.13. The maximum absolute atomic E-state index is 9.78. The second-order valence-electron chi connectivity index (χ2n) is 7.60. The van der Waals surface area contributed by atoms with Crippen molar-refractivity contribution >= 4 is 16.5 Å². The molecule has 0 atom stereocenters. The molecule has 0 saturated carbocycles. The first-order valence-corrected chi connectivity index (χ1v) is 9.86. The Balaban J connectivity index is 1.51. The van der Waals surface area contributed by atoms with E-state index in [9.17, 15) is 5.11 Å². The van der Waals surface area contributed by atoms with Crippen molar-refractivity contribution in [1.82, 2.24) is 25.1 Å². The summed E-state index contributed by atoms with van der Waals surface area (Å²) in [5, 5.41) is 18.5. The number of aromatic nitrogens is 4. The predicted molar refractivity (Wildman–Crippen MR) is 116 cm³/mol. The van der Waals surface area contributed by atoms with Gasteiger partial charge < -0.3 is 10.1 Å². The highest BCUT2D eigenvalue weighted by Crippen LogP contribution is 2.32. The zero-order valence-corrected chi connectivity index (χ0v) is 16.5. The van der Waals surface area contributed by atoms with Gasteiger partial charge in [-0.1, -0.05) is 25.1 Å². The molecule has 6 nitrogen and oxygen atoms in total. The van der Waals surface area contributed by atoms with Crippen LogP contribution < -0.4 is 0 Å². The molecule has 0 fully saturated rings. The molecule has 29 heavy (non-hydrogen) atoms. The standard InChI is InChI=1S/C23H23N5O/c1-3-14-10-17(29)5-7-18(14)15-4-6-19-20(11-15)26-27-22(19)23-24-12-21(25-23)16-8-9-28(2)13-16/h4-8,10-12,29H,3,9,13H2,1-2H3,(H,24,25)(H,26,27). The lowest BCUT2D eigenvalue weighted by atomic mass is 9.97. The van der Waals surface area contributed by atoms with Crippen molar-refractivity contribution in [1.29, 1.82) is 0 Å². The third-order valence-electron chi connectivity index (χ3n) is 5.58. The minimum Gasteiger partial charge on any atom is -0.508 e. The van der Waals surface area contributed by atoms with E-state index in [1.54, 1.807) is 6.07 Å². The van der Waals surface area contributed by atoms with Gasteiger partial charge in [-0.05, 0) is 60.0 Å². The van der Waals surface area contributed by atoms with Gasteiger partial charge in [0.25, 0.3) is 0 Å². The summed E-state index contributed by atoms with van der Waals surface area (Å²) in [6.45, 7) is 3.99. The summed E-state index contributed by atoms with van der Waals surface area (Å²) in [5.74, 6) is 1.07. The Labute approximate surface area is 168 Å². The molecular weight excluding hydrogens is 362 g/mol. The average Bonchev–Trinajstić information content (AvgIpc) is 3.46. The fourth-order valence-corrected chi connectivity index (χ4v) is 4.01. The third-order valence-corrected chi connectivity index (χ3v) is 5.58. The first-order valence-electron chi connectivity index (χ1n) is 9.86. The van der Waals surface area contributed by atoms with Gasteiger partial charge in [0, 0.05) is 18.5 Å². The van der Waals surface area contributed by atoms with Crippen LogP contribution in [0.5, 0.6) is 5.75 Å². The van der Waals surface area contributed by atoms with E-state index in [4.69, 9.17) is 0 Å². The topological polar surface area (TPSA) is 80.8 Å². The number of hydrogen-bond acceptors (Lipinski definition) is 4. The monoisotopic (exact) mass is 385 g/mol. The van der Waals surface area contributed by atoms with Crippen molar-refractivity contribution in [3.8, 4) is 28.4 Å².